The number of benzene rings is 2. The number of amides is 1. The summed E-state index contributed by atoms with van der Waals surface area (Å²) in [5, 5.41) is 1.04. The Bertz CT molecular complexity index is 1530. The summed E-state index contributed by atoms with van der Waals surface area (Å²) in [7, 11) is 3.40. The number of carbonyl (C=O) groups excluding carboxylic acids is 2. The normalized spacial score (nSPS) is 11.5. The number of aromatic nitrogens is 3. The number of hydrogen-bond donors (Lipinski definition) is 1. The zero-order chi connectivity index (χ0) is 30.8. The Hall–Kier alpha value is -3.98. The molecular formula is C34H46N6O3. The van der Waals surface area contributed by atoms with Gasteiger partial charge in [0.2, 0.25) is 5.91 Å². The van der Waals surface area contributed by atoms with E-state index in [1.54, 1.807) is 0 Å². The summed E-state index contributed by atoms with van der Waals surface area (Å²) >= 11 is 0. The first-order chi connectivity index (χ1) is 20.8. The van der Waals surface area contributed by atoms with Gasteiger partial charge in [-0.1, -0.05) is 69.2 Å². The number of unbranched alkanes of at least 4 members (excludes halogenated alkanes) is 2. The molecule has 0 saturated heterocycles. The van der Waals surface area contributed by atoms with Gasteiger partial charge in [0.25, 0.3) is 0 Å². The van der Waals surface area contributed by atoms with Crippen molar-refractivity contribution in [3.8, 4) is 0 Å². The van der Waals surface area contributed by atoms with Crippen LogP contribution >= 0.6 is 0 Å². The molecule has 2 heterocycles. The molecule has 0 radical (unpaired) electrons. The Morgan fingerprint density at radius 3 is 2.49 bits per heavy atom. The van der Waals surface area contributed by atoms with Crippen molar-refractivity contribution in [1.82, 2.24) is 24.3 Å². The van der Waals surface area contributed by atoms with E-state index in [4.69, 9.17) is 15.5 Å². The van der Waals surface area contributed by atoms with E-state index in [0.717, 1.165) is 84.0 Å². The first-order valence-electron chi connectivity index (χ1n) is 15.5. The summed E-state index contributed by atoms with van der Waals surface area (Å²) in [6.07, 6.45) is 6.07. The van der Waals surface area contributed by atoms with Gasteiger partial charge in [-0.3, -0.25) is 14.5 Å². The van der Waals surface area contributed by atoms with E-state index < -0.39 is 0 Å². The highest BCUT2D eigenvalue weighted by atomic mass is 16.5. The zero-order valence-electron chi connectivity index (χ0n) is 26.1. The fraction of sp³-hybridized carbons (Fsp3) is 0.471. The van der Waals surface area contributed by atoms with Crippen LogP contribution in [0.2, 0.25) is 0 Å². The van der Waals surface area contributed by atoms with Crippen molar-refractivity contribution in [2.24, 2.45) is 0 Å². The van der Waals surface area contributed by atoms with Crippen molar-refractivity contribution in [1.29, 1.82) is 0 Å². The monoisotopic (exact) mass is 586 g/mol. The maximum Gasteiger partial charge on any atom is 0.309 e. The Kier molecular flexibility index (Phi) is 11.5. The fourth-order valence-corrected chi connectivity index (χ4v) is 5.52. The lowest BCUT2D eigenvalue weighted by atomic mass is 10.1. The summed E-state index contributed by atoms with van der Waals surface area (Å²) in [5.41, 5.74) is 10.9. The minimum atomic E-state index is -0.280. The second kappa shape index (κ2) is 15.5. The second-order valence-electron chi connectivity index (χ2n) is 11.3. The van der Waals surface area contributed by atoms with E-state index in [-0.39, 0.29) is 18.3 Å². The SMILES string of the molecule is CCCCc1nc2c(N)nc3ccccc3c2n1CCCN(Cc1cccc(CC(=O)OC)c1)C(=O)CN(C)CCCC. The number of likely N-dealkylation sites (N-methyl/N-ethyl adjacent to an activating group) is 1. The highest BCUT2D eigenvalue weighted by molar-refractivity contribution is 6.06. The number of aryl methyl sites for hydroxylation is 2. The van der Waals surface area contributed by atoms with Gasteiger partial charge in [0, 0.05) is 31.4 Å². The first kappa shape index (κ1) is 31.9. The average Bonchev–Trinajstić information content (AvgIpc) is 3.37. The molecule has 9 heteroatoms. The largest absolute Gasteiger partial charge is 0.469 e. The zero-order valence-corrected chi connectivity index (χ0v) is 26.1. The van der Waals surface area contributed by atoms with Crippen LogP contribution in [0, 0.1) is 0 Å². The quantitative estimate of drug-likeness (QED) is 0.176. The highest BCUT2D eigenvalue weighted by Crippen LogP contribution is 2.29. The Morgan fingerprint density at radius 1 is 0.953 bits per heavy atom. The second-order valence-corrected chi connectivity index (χ2v) is 11.3. The predicted molar refractivity (Wildman–Crippen MR) is 173 cm³/mol. The molecule has 2 aromatic heterocycles. The van der Waals surface area contributed by atoms with Gasteiger partial charge >= 0.3 is 5.97 Å². The number of nitrogens with zero attached hydrogens (tertiary/aromatic N) is 5. The van der Waals surface area contributed by atoms with Crippen LogP contribution in [0.5, 0.6) is 0 Å². The number of ether oxygens (including phenoxy) is 1. The lowest BCUT2D eigenvalue weighted by molar-refractivity contribution is -0.139. The number of hydrogen-bond acceptors (Lipinski definition) is 7. The highest BCUT2D eigenvalue weighted by Gasteiger charge is 2.20. The molecule has 4 rings (SSSR count). The van der Waals surface area contributed by atoms with E-state index in [0.29, 0.717) is 32.0 Å². The molecule has 230 valence electrons. The predicted octanol–water partition coefficient (Wildman–Crippen LogP) is 5.38. The third kappa shape index (κ3) is 8.32. The fourth-order valence-electron chi connectivity index (χ4n) is 5.52. The van der Waals surface area contributed by atoms with Crippen molar-refractivity contribution in [2.45, 2.75) is 71.9 Å². The van der Waals surface area contributed by atoms with Gasteiger partial charge in [0.05, 0.1) is 31.1 Å². The van der Waals surface area contributed by atoms with Gasteiger partial charge < -0.3 is 19.9 Å². The number of anilines is 1. The maximum atomic E-state index is 13.6. The standard InChI is InChI=1S/C34H46N6O3/c1-5-7-17-29-37-32-33(27-15-9-10-16-28(27)36-34(32)35)40(29)20-12-19-39(30(41)24-38(3)18-8-6-2)23-26-14-11-13-25(21-26)22-31(42)43-4/h9-11,13-16,21H,5-8,12,17-20,22-24H2,1-4H3,(H2,35,36). The summed E-state index contributed by atoms with van der Waals surface area (Å²) in [5.74, 6) is 1.27. The van der Waals surface area contributed by atoms with E-state index in [9.17, 15) is 9.59 Å². The van der Waals surface area contributed by atoms with Crippen LogP contribution in [0.4, 0.5) is 5.82 Å². The third-order valence-corrected chi connectivity index (χ3v) is 7.85. The lowest BCUT2D eigenvalue weighted by Gasteiger charge is -2.26. The van der Waals surface area contributed by atoms with E-state index in [1.165, 1.54) is 7.11 Å². The average molecular weight is 587 g/mol. The smallest absolute Gasteiger partial charge is 0.309 e. The molecular weight excluding hydrogens is 540 g/mol. The number of methoxy groups -OCH3 is 1. The Balaban J connectivity index is 1.59. The summed E-state index contributed by atoms with van der Waals surface area (Å²) in [6.45, 7) is 7.36. The Morgan fingerprint density at radius 2 is 1.72 bits per heavy atom. The molecule has 0 unspecified atom stereocenters. The van der Waals surface area contributed by atoms with Crippen molar-refractivity contribution in [2.75, 3.05) is 39.5 Å². The van der Waals surface area contributed by atoms with Crippen LogP contribution in [-0.2, 0) is 40.3 Å². The summed E-state index contributed by atoms with van der Waals surface area (Å²) in [4.78, 5) is 39.1. The molecule has 0 aliphatic rings. The summed E-state index contributed by atoms with van der Waals surface area (Å²) in [6, 6.07) is 15.9. The molecule has 0 atom stereocenters. The van der Waals surface area contributed by atoms with Crippen LogP contribution in [-0.4, -0.2) is 70.0 Å². The molecule has 0 aliphatic carbocycles. The van der Waals surface area contributed by atoms with Gasteiger partial charge in [-0.25, -0.2) is 9.97 Å². The van der Waals surface area contributed by atoms with Crippen molar-refractivity contribution >= 4 is 39.6 Å². The third-order valence-electron chi connectivity index (χ3n) is 7.85. The van der Waals surface area contributed by atoms with Crippen molar-refractivity contribution < 1.29 is 14.3 Å². The van der Waals surface area contributed by atoms with Crippen LogP contribution in [0.15, 0.2) is 48.5 Å². The van der Waals surface area contributed by atoms with Gasteiger partial charge in [-0.15, -0.1) is 0 Å². The minimum Gasteiger partial charge on any atom is -0.469 e. The van der Waals surface area contributed by atoms with Crippen molar-refractivity contribution in [3.05, 3.63) is 65.5 Å². The number of imidazole rings is 1. The van der Waals surface area contributed by atoms with E-state index in [1.807, 2.05) is 54.4 Å². The van der Waals surface area contributed by atoms with Crippen LogP contribution in [0.1, 0.15) is 62.9 Å². The van der Waals surface area contributed by atoms with Crippen LogP contribution in [0.3, 0.4) is 0 Å². The molecule has 0 aliphatic heterocycles. The first-order valence-corrected chi connectivity index (χ1v) is 15.5. The molecule has 0 fully saturated rings. The molecule has 0 bridgehead atoms. The van der Waals surface area contributed by atoms with E-state index in [2.05, 4.69) is 34.4 Å². The lowest BCUT2D eigenvalue weighted by Crippen LogP contribution is -2.39. The number of pyridine rings is 1. The molecule has 1 amide bonds. The Labute approximate surface area is 255 Å². The molecule has 0 saturated carbocycles. The number of nitrogens with two attached hydrogens (primary N) is 1. The number of esters is 1. The van der Waals surface area contributed by atoms with Gasteiger partial charge in [0.15, 0.2) is 5.82 Å². The molecule has 43 heavy (non-hydrogen) atoms. The van der Waals surface area contributed by atoms with E-state index >= 15 is 0 Å². The molecule has 2 N–H and O–H groups in total. The number of carbonyl (C=O) groups is 2. The van der Waals surface area contributed by atoms with Gasteiger partial charge in [-0.2, -0.15) is 0 Å². The molecule has 9 nitrogen and oxygen atoms in total. The summed E-state index contributed by atoms with van der Waals surface area (Å²) < 4.78 is 7.14. The molecule has 2 aromatic carbocycles. The molecule has 4 aromatic rings. The van der Waals surface area contributed by atoms with Gasteiger partial charge in [0.1, 0.15) is 11.3 Å². The number of rotatable bonds is 16. The number of fused-ring (bicyclic) bond motifs is 3. The molecule has 0 spiro atoms. The minimum absolute atomic E-state index is 0.0950. The van der Waals surface area contributed by atoms with Crippen molar-refractivity contribution in [3.63, 3.8) is 0 Å². The topological polar surface area (TPSA) is 107 Å². The number of para-hydroxylation sites is 1. The van der Waals surface area contributed by atoms with Crippen LogP contribution < -0.4 is 5.73 Å². The van der Waals surface area contributed by atoms with Crippen LogP contribution in [0.25, 0.3) is 21.9 Å². The number of nitrogen functional groups attached to an aromatic ring is 1. The maximum absolute atomic E-state index is 13.6. The van der Waals surface area contributed by atoms with Gasteiger partial charge in [-0.05, 0) is 50.0 Å².